The standard InChI is InChI=1S/C21H17ClFN3O4S/c22-16-4-2-1-3-14(16)11-17-20(29)26(21(30)31-17)10-9-24-18(27)12-25-19(28)13-5-7-15(23)8-6-13/h1-8,11H,9-10,12H2,(H,24,27)(H,25,28)/b17-11-. The summed E-state index contributed by atoms with van der Waals surface area (Å²) >= 11 is 6.88. The van der Waals surface area contributed by atoms with Gasteiger partial charge in [0.2, 0.25) is 5.91 Å². The van der Waals surface area contributed by atoms with Crippen LogP contribution in [0.5, 0.6) is 0 Å². The molecule has 1 heterocycles. The van der Waals surface area contributed by atoms with Crippen molar-refractivity contribution in [2.75, 3.05) is 19.6 Å². The molecule has 2 aromatic rings. The van der Waals surface area contributed by atoms with E-state index in [1.807, 2.05) is 0 Å². The number of amides is 4. The van der Waals surface area contributed by atoms with Crippen molar-refractivity contribution >= 4 is 52.4 Å². The fraction of sp³-hybridized carbons (Fsp3) is 0.143. The van der Waals surface area contributed by atoms with E-state index < -0.39 is 28.8 Å². The van der Waals surface area contributed by atoms with E-state index in [2.05, 4.69) is 10.6 Å². The van der Waals surface area contributed by atoms with Crippen molar-refractivity contribution in [3.8, 4) is 0 Å². The van der Waals surface area contributed by atoms with Gasteiger partial charge in [-0.15, -0.1) is 0 Å². The second-order valence-electron chi connectivity index (χ2n) is 6.39. The maximum atomic E-state index is 12.9. The summed E-state index contributed by atoms with van der Waals surface area (Å²) in [7, 11) is 0. The Balaban J connectivity index is 1.46. The molecule has 0 atom stereocenters. The van der Waals surface area contributed by atoms with Crippen LogP contribution in [0.1, 0.15) is 15.9 Å². The number of nitrogens with zero attached hydrogens (tertiary/aromatic N) is 1. The van der Waals surface area contributed by atoms with Crippen molar-refractivity contribution in [3.63, 3.8) is 0 Å². The van der Waals surface area contributed by atoms with Gasteiger partial charge in [-0.25, -0.2) is 4.39 Å². The second kappa shape index (κ2) is 10.2. The minimum absolute atomic E-state index is 0.0117. The van der Waals surface area contributed by atoms with Crippen molar-refractivity contribution in [3.05, 3.63) is 75.4 Å². The molecule has 1 fully saturated rings. The average Bonchev–Trinajstić information content (AvgIpc) is 3.01. The van der Waals surface area contributed by atoms with Gasteiger partial charge in [0.25, 0.3) is 17.1 Å². The second-order valence-corrected chi connectivity index (χ2v) is 7.79. The van der Waals surface area contributed by atoms with E-state index in [9.17, 15) is 23.6 Å². The van der Waals surface area contributed by atoms with Gasteiger partial charge in [-0.2, -0.15) is 0 Å². The maximum absolute atomic E-state index is 12.9. The molecule has 3 rings (SSSR count). The first-order valence-corrected chi connectivity index (χ1v) is 10.3. The van der Waals surface area contributed by atoms with Crippen LogP contribution in [0, 0.1) is 5.82 Å². The fourth-order valence-corrected chi connectivity index (χ4v) is 3.71. The molecule has 0 unspecified atom stereocenters. The number of benzene rings is 2. The molecule has 0 spiro atoms. The van der Waals surface area contributed by atoms with Crippen molar-refractivity contribution in [2.45, 2.75) is 0 Å². The van der Waals surface area contributed by atoms with Crippen molar-refractivity contribution in [1.82, 2.24) is 15.5 Å². The van der Waals surface area contributed by atoms with Gasteiger partial charge in [0, 0.05) is 23.7 Å². The van der Waals surface area contributed by atoms with Gasteiger partial charge >= 0.3 is 0 Å². The topological polar surface area (TPSA) is 95.6 Å². The molecule has 1 aliphatic heterocycles. The van der Waals surface area contributed by atoms with Crippen molar-refractivity contribution in [2.24, 2.45) is 0 Å². The third-order valence-corrected chi connectivity index (χ3v) is 5.49. The Kier molecular flexibility index (Phi) is 7.43. The zero-order chi connectivity index (χ0) is 22.4. The Bertz CT molecular complexity index is 1060. The van der Waals surface area contributed by atoms with Gasteiger partial charge in [-0.3, -0.25) is 24.1 Å². The normalized spacial score (nSPS) is 14.8. The van der Waals surface area contributed by atoms with Crippen LogP contribution in [0.2, 0.25) is 5.02 Å². The van der Waals surface area contributed by atoms with Crippen LogP contribution in [0.3, 0.4) is 0 Å². The highest BCUT2D eigenvalue weighted by molar-refractivity contribution is 8.18. The zero-order valence-corrected chi connectivity index (χ0v) is 17.6. The summed E-state index contributed by atoms with van der Waals surface area (Å²) in [5.41, 5.74) is 0.845. The van der Waals surface area contributed by atoms with Crippen LogP contribution >= 0.6 is 23.4 Å². The SMILES string of the molecule is O=C(CNC(=O)c1ccc(F)cc1)NCCN1C(=O)S/C(=C\c2ccccc2Cl)C1=O. The van der Waals surface area contributed by atoms with Gasteiger partial charge < -0.3 is 10.6 Å². The molecule has 1 aliphatic rings. The number of halogens is 2. The Morgan fingerprint density at radius 2 is 1.77 bits per heavy atom. The van der Waals surface area contributed by atoms with E-state index in [1.54, 1.807) is 30.3 Å². The van der Waals surface area contributed by atoms with Gasteiger partial charge in [0.1, 0.15) is 5.82 Å². The number of carbonyl (C=O) groups is 4. The highest BCUT2D eigenvalue weighted by Gasteiger charge is 2.34. The minimum atomic E-state index is -0.522. The lowest BCUT2D eigenvalue weighted by Gasteiger charge is -2.13. The molecule has 7 nitrogen and oxygen atoms in total. The van der Waals surface area contributed by atoms with Crippen LogP contribution in [-0.2, 0) is 9.59 Å². The van der Waals surface area contributed by atoms with Crippen LogP contribution in [0.25, 0.3) is 6.08 Å². The summed E-state index contributed by atoms with van der Waals surface area (Å²) in [4.78, 5) is 49.7. The first-order valence-electron chi connectivity index (χ1n) is 9.15. The molecule has 160 valence electrons. The summed E-state index contributed by atoms with van der Waals surface area (Å²) in [6.45, 7) is -0.282. The molecule has 10 heteroatoms. The Morgan fingerprint density at radius 3 is 2.48 bits per heavy atom. The number of nitrogens with one attached hydrogen (secondary N) is 2. The zero-order valence-electron chi connectivity index (χ0n) is 16.1. The minimum Gasteiger partial charge on any atom is -0.353 e. The molecular weight excluding hydrogens is 445 g/mol. The van der Waals surface area contributed by atoms with Gasteiger partial charge in [0.15, 0.2) is 0 Å². The number of imide groups is 1. The van der Waals surface area contributed by atoms with Crippen LogP contribution < -0.4 is 10.6 Å². The molecule has 31 heavy (non-hydrogen) atoms. The predicted molar refractivity (Wildman–Crippen MR) is 116 cm³/mol. The molecule has 0 radical (unpaired) electrons. The number of carbonyl (C=O) groups excluding carboxylic acids is 4. The molecule has 1 saturated heterocycles. The molecule has 4 amide bonds. The third-order valence-electron chi connectivity index (χ3n) is 4.24. The first kappa shape index (κ1) is 22.5. The van der Waals surface area contributed by atoms with E-state index in [-0.39, 0.29) is 30.1 Å². The highest BCUT2D eigenvalue weighted by atomic mass is 35.5. The quantitative estimate of drug-likeness (QED) is 0.618. The molecule has 0 saturated carbocycles. The first-order chi connectivity index (χ1) is 14.8. The lowest BCUT2D eigenvalue weighted by atomic mass is 10.2. The molecule has 0 aromatic heterocycles. The van der Waals surface area contributed by atoms with E-state index >= 15 is 0 Å². The van der Waals surface area contributed by atoms with Crippen molar-refractivity contribution in [1.29, 1.82) is 0 Å². The Morgan fingerprint density at radius 1 is 1.06 bits per heavy atom. The Labute approximate surface area is 186 Å². The molecule has 0 bridgehead atoms. The molecular formula is C21H17ClFN3O4S. The predicted octanol–water partition coefficient (Wildman–Crippen LogP) is 3.06. The van der Waals surface area contributed by atoms with Crippen molar-refractivity contribution < 1.29 is 23.6 Å². The van der Waals surface area contributed by atoms with Crippen LogP contribution in [-0.4, -0.2) is 47.5 Å². The number of hydrogen-bond donors (Lipinski definition) is 2. The number of hydrogen-bond acceptors (Lipinski definition) is 5. The monoisotopic (exact) mass is 461 g/mol. The molecule has 2 N–H and O–H groups in total. The van der Waals surface area contributed by atoms with Crippen LogP contribution in [0.4, 0.5) is 9.18 Å². The van der Waals surface area contributed by atoms with Gasteiger partial charge in [-0.05, 0) is 53.7 Å². The van der Waals surface area contributed by atoms with E-state index in [0.717, 1.165) is 28.8 Å². The van der Waals surface area contributed by atoms with E-state index in [0.29, 0.717) is 10.6 Å². The summed E-state index contributed by atoms with van der Waals surface area (Å²) < 4.78 is 12.9. The largest absolute Gasteiger partial charge is 0.353 e. The maximum Gasteiger partial charge on any atom is 0.293 e. The summed E-state index contributed by atoms with van der Waals surface area (Å²) in [6.07, 6.45) is 1.55. The van der Waals surface area contributed by atoms with E-state index in [1.165, 1.54) is 12.1 Å². The lowest BCUT2D eigenvalue weighted by Crippen LogP contribution is -2.41. The highest BCUT2D eigenvalue weighted by Crippen LogP contribution is 2.33. The van der Waals surface area contributed by atoms with Crippen LogP contribution in [0.15, 0.2) is 53.4 Å². The lowest BCUT2D eigenvalue weighted by molar-refractivity contribution is -0.124. The molecule has 0 aliphatic carbocycles. The average molecular weight is 462 g/mol. The fourth-order valence-electron chi connectivity index (χ4n) is 2.66. The molecule has 2 aromatic carbocycles. The number of thioether (sulfide) groups is 1. The Hall–Kier alpha value is -3.17. The van der Waals surface area contributed by atoms with Gasteiger partial charge in [-0.1, -0.05) is 29.8 Å². The summed E-state index contributed by atoms with van der Waals surface area (Å²) in [6, 6.07) is 11.8. The van der Waals surface area contributed by atoms with Gasteiger partial charge in [0.05, 0.1) is 11.4 Å². The smallest absolute Gasteiger partial charge is 0.293 e. The summed E-state index contributed by atoms with van der Waals surface area (Å²) in [5, 5.41) is 4.96. The number of rotatable bonds is 7. The summed E-state index contributed by atoms with van der Waals surface area (Å²) in [5.74, 6) is -1.95. The van der Waals surface area contributed by atoms with E-state index in [4.69, 9.17) is 11.6 Å². The third kappa shape index (κ3) is 5.93.